The number of aliphatic hydroxyl groups excluding tert-OH is 1. The van der Waals surface area contributed by atoms with Gasteiger partial charge in [0, 0.05) is 13.1 Å². The predicted octanol–water partition coefficient (Wildman–Crippen LogP) is 1.48. The number of hydrogen-bond acceptors (Lipinski definition) is 4. The zero-order valence-corrected chi connectivity index (χ0v) is 10.00. The van der Waals surface area contributed by atoms with Crippen LogP contribution in [0.3, 0.4) is 0 Å². The Bertz CT molecular complexity index is 178. The maximum atomic E-state index is 12.1. The van der Waals surface area contributed by atoms with Gasteiger partial charge in [-0.25, -0.2) is 9.24 Å². The monoisotopic (exact) mass is 225 g/mol. The standard InChI is InChI=1S/C8H20NO4P/c1-4-9(7-8-10)14(11,12-5-2)13-6-3/h10H,4-8H2,1-3H3. The first-order chi connectivity index (χ1) is 6.64. The maximum Gasteiger partial charge on any atom is 0.408 e. The molecule has 14 heavy (non-hydrogen) atoms. The molecule has 0 aliphatic heterocycles. The average molecular weight is 225 g/mol. The molecule has 0 radical (unpaired) electrons. The quantitative estimate of drug-likeness (QED) is 0.634. The number of likely N-dealkylation sites (N-methyl/N-ethyl adjacent to an activating group) is 1. The van der Waals surface area contributed by atoms with Gasteiger partial charge in [-0.3, -0.25) is 9.05 Å². The highest BCUT2D eigenvalue weighted by atomic mass is 31.2. The van der Waals surface area contributed by atoms with Crippen molar-refractivity contribution in [3.05, 3.63) is 0 Å². The molecule has 0 bridgehead atoms. The van der Waals surface area contributed by atoms with Crippen LogP contribution in [0.15, 0.2) is 0 Å². The molecule has 0 heterocycles. The third-order valence-electron chi connectivity index (χ3n) is 1.65. The highest BCUT2D eigenvalue weighted by molar-refractivity contribution is 7.51. The molecular weight excluding hydrogens is 205 g/mol. The molecule has 6 heteroatoms. The van der Waals surface area contributed by atoms with E-state index >= 15 is 0 Å². The summed E-state index contributed by atoms with van der Waals surface area (Å²) in [5.74, 6) is 0. The van der Waals surface area contributed by atoms with E-state index in [1.54, 1.807) is 13.8 Å². The Morgan fingerprint density at radius 1 is 1.21 bits per heavy atom. The van der Waals surface area contributed by atoms with Crippen LogP contribution in [0.1, 0.15) is 20.8 Å². The summed E-state index contributed by atoms with van der Waals surface area (Å²) >= 11 is 0. The van der Waals surface area contributed by atoms with Gasteiger partial charge in [-0.05, 0) is 13.8 Å². The highest BCUT2D eigenvalue weighted by Crippen LogP contribution is 2.51. The van der Waals surface area contributed by atoms with Crippen LogP contribution in [0.5, 0.6) is 0 Å². The van der Waals surface area contributed by atoms with Gasteiger partial charge in [0.1, 0.15) is 0 Å². The minimum atomic E-state index is -3.17. The smallest absolute Gasteiger partial charge is 0.395 e. The zero-order chi connectivity index (χ0) is 11.0. The molecular formula is C8H20NO4P. The normalized spacial score (nSPS) is 12.4. The number of rotatable bonds is 8. The second-order valence-electron chi connectivity index (χ2n) is 2.57. The van der Waals surface area contributed by atoms with Crippen LogP contribution >= 0.6 is 7.75 Å². The number of hydrogen-bond donors (Lipinski definition) is 1. The van der Waals surface area contributed by atoms with Crippen molar-refractivity contribution in [3.63, 3.8) is 0 Å². The Labute approximate surface area is 85.6 Å². The molecule has 5 nitrogen and oxygen atoms in total. The van der Waals surface area contributed by atoms with Gasteiger partial charge in [-0.15, -0.1) is 0 Å². The number of aliphatic hydroxyl groups is 1. The second-order valence-corrected chi connectivity index (χ2v) is 4.59. The van der Waals surface area contributed by atoms with Gasteiger partial charge in [0.25, 0.3) is 0 Å². The molecule has 0 saturated heterocycles. The Hall–Kier alpha value is 0.0700. The summed E-state index contributed by atoms with van der Waals surface area (Å²) in [5.41, 5.74) is 0. The summed E-state index contributed by atoms with van der Waals surface area (Å²) in [4.78, 5) is 0. The van der Waals surface area contributed by atoms with Crippen LogP contribution in [0.2, 0.25) is 0 Å². The lowest BCUT2D eigenvalue weighted by Crippen LogP contribution is -2.26. The zero-order valence-electron chi connectivity index (χ0n) is 9.10. The van der Waals surface area contributed by atoms with E-state index < -0.39 is 7.75 Å². The summed E-state index contributed by atoms with van der Waals surface area (Å²) in [6, 6.07) is 0. The van der Waals surface area contributed by atoms with Crippen LogP contribution in [0, 0.1) is 0 Å². The average Bonchev–Trinajstić information content (AvgIpc) is 2.14. The number of nitrogens with zero attached hydrogens (tertiary/aromatic N) is 1. The molecule has 0 unspecified atom stereocenters. The lowest BCUT2D eigenvalue weighted by molar-refractivity contribution is 0.155. The lowest BCUT2D eigenvalue weighted by atomic mass is 10.6. The molecule has 0 aliphatic rings. The maximum absolute atomic E-state index is 12.1. The molecule has 0 aliphatic carbocycles. The van der Waals surface area contributed by atoms with Gasteiger partial charge in [0.2, 0.25) is 0 Å². The summed E-state index contributed by atoms with van der Waals surface area (Å²) in [6.45, 7) is 6.80. The van der Waals surface area contributed by atoms with Gasteiger partial charge in [-0.1, -0.05) is 6.92 Å². The Morgan fingerprint density at radius 2 is 1.71 bits per heavy atom. The first-order valence-electron chi connectivity index (χ1n) is 4.90. The molecule has 86 valence electrons. The fourth-order valence-corrected chi connectivity index (χ4v) is 2.83. The van der Waals surface area contributed by atoms with E-state index in [4.69, 9.17) is 14.2 Å². The van der Waals surface area contributed by atoms with E-state index in [0.29, 0.717) is 26.3 Å². The van der Waals surface area contributed by atoms with Crippen molar-refractivity contribution in [1.29, 1.82) is 0 Å². The van der Waals surface area contributed by atoms with Crippen LogP contribution in [-0.2, 0) is 13.6 Å². The van der Waals surface area contributed by atoms with E-state index in [2.05, 4.69) is 0 Å². The van der Waals surface area contributed by atoms with Crippen molar-refractivity contribution >= 4 is 7.75 Å². The summed E-state index contributed by atoms with van der Waals surface area (Å²) in [5, 5.41) is 8.79. The van der Waals surface area contributed by atoms with Crippen molar-refractivity contribution in [3.8, 4) is 0 Å². The summed E-state index contributed by atoms with van der Waals surface area (Å²) in [7, 11) is -3.17. The molecule has 0 aromatic carbocycles. The molecule has 0 atom stereocenters. The molecule has 0 saturated carbocycles. The molecule has 1 N–H and O–H groups in total. The molecule has 0 amide bonds. The van der Waals surface area contributed by atoms with Crippen LogP contribution in [-0.4, -0.2) is 42.7 Å². The molecule has 0 rings (SSSR count). The highest BCUT2D eigenvalue weighted by Gasteiger charge is 2.31. The predicted molar refractivity (Wildman–Crippen MR) is 55.2 cm³/mol. The van der Waals surface area contributed by atoms with Crippen LogP contribution < -0.4 is 0 Å². The Balaban J connectivity index is 4.48. The fraction of sp³-hybridized carbons (Fsp3) is 1.00. The largest absolute Gasteiger partial charge is 0.408 e. The molecule has 0 aromatic heterocycles. The third kappa shape index (κ3) is 4.07. The van der Waals surface area contributed by atoms with E-state index in [1.165, 1.54) is 4.67 Å². The van der Waals surface area contributed by atoms with Crippen molar-refractivity contribution in [2.75, 3.05) is 32.9 Å². The van der Waals surface area contributed by atoms with Crippen LogP contribution in [0.4, 0.5) is 0 Å². The van der Waals surface area contributed by atoms with Gasteiger partial charge in [0.15, 0.2) is 0 Å². The molecule has 0 fully saturated rings. The second kappa shape index (κ2) is 7.37. The molecule has 0 spiro atoms. The van der Waals surface area contributed by atoms with Crippen molar-refractivity contribution in [1.82, 2.24) is 4.67 Å². The Kier molecular flexibility index (Phi) is 7.41. The first kappa shape index (κ1) is 14.1. The fourth-order valence-electron chi connectivity index (χ4n) is 1.10. The SMILES string of the molecule is CCOP(=O)(OCC)N(CC)CCO. The third-order valence-corrected chi connectivity index (χ3v) is 4.00. The van der Waals surface area contributed by atoms with Gasteiger partial charge in [0.05, 0.1) is 19.8 Å². The van der Waals surface area contributed by atoms with E-state index in [9.17, 15) is 4.57 Å². The van der Waals surface area contributed by atoms with Crippen molar-refractivity contribution < 1.29 is 18.7 Å². The molecule has 0 aromatic rings. The van der Waals surface area contributed by atoms with Gasteiger partial charge in [-0.2, -0.15) is 0 Å². The first-order valence-corrected chi connectivity index (χ1v) is 6.39. The minimum Gasteiger partial charge on any atom is -0.395 e. The van der Waals surface area contributed by atoms with E-state index in [1.807, 2.05) is 6.92 Å². The van der Waals surface area contributed by atoms with Crippen LogP contribution in [0.25, 0.3) is 0 Å². The van der Waals surface area contributed by atoms with Crippen molar-refractivity contribution in [2.24, 2.45) is 0 Å². The Morgan fingerprint density at radius 3 is 2.00 bits per heavy atom. The van der Waals surface area contributed by atoms with Crippen molar-refractivity contribution in [2.45, 2.75) is 20.8 Å². The lowest BCUT2D eigenvalue weighted by Gasteiger charge is -2.27. The van der Waals surface area contributed by atoms with E-state index in [-0.39, 0.29) is 6.61 Å². The summed E-state index contributed by atoms with van der Waals surface area (Å²) < 4.78 is 23.9. The van der Waals surface area contributed by atoms with E-state index in [0.717, 1.165) is 0 Å². The van der Waals surface area contributed by atoms with Gasteiger partial charge >= 0.3 is 7.75 Å². The van der Waals surface area contributed by atoms with Gasteiger partial charge < -0.3 is 5.11 Å². The topological polar surface area (TPSA) is 59.0 Å². The minimum absolute atomic E-state index is 0.0576. The summed E-state index contributed by atoms with van der Waals surface area (Å²) in [6.07, 6.45) is 0.